The number of likely N-dealkylation sites (tertiary alicyclic amines) is 1. The van der Waals surface area contributed by atoms with E-state index in [1.54, 1.807) is 0 Å². The van der Waals surface area contributed by atoms with Crippen LogP contribution in [0.15, 0.2) is 4.99 Å². The molecule has 5 heteroatoms. The lowest BCUT2D eigenvalue weighted by Crippen LogP contribution is -2.72. The molecule has 2 saturated heterocycles. The van der Waals surface area contributed by atoms with Crippen molar-refractivity contribution in [2.45, 2.75) is 69.9 Å². The molecule has 0 aromatic heterocycles. The summed E-state index contributed by atoms with van der Waals surface area (Å²) in [5, 5.41) is 7.32. The van der Waals surface area contributed by atoms with Gasteiger partial charge in [-0.2, -0.15) is 0 Å². The Morgan fingerprint density at radius 3 is 2.64 bits per heavy atom. The van der Waals surface area contributed by atoms with E-state index in [-0.39, 0.29) is 0 Å². The van der Waals surface area contributed by atoms with Crippen molar-refractivity contribution in [3.8, 4) is 0 Å². The third kappa shape index (κ3) is 3.42. The Bertz CT molecular complexity index is 468. The molecule has 142 valence electrons. The molecule has 4 rings (SSSR count). The molecule has 3 atom stereocenters. The predicted octanol–water partition coefficient (Wildman–Crippen LogP) is 2.38. The van der Waals surface area contributed by atoms with E-state index < -0.39 is 0 Å². The molecule has 4 aliphatic rings. The van der Waals surface area contributed by atoms with Crippen molar-refractivity contribution in [3.63, 3.8) is 0 Å². The molecule has 0 radical (unpaired) electrons. The van der Waals surface area contributed by atoms with Gasteiger partial charge in [-0.25, -0.2) is 0 Å². The van der Waals surface area contributed by atoms with Crippen molar-refractivity contribution >= 4 is 5.96 Å². The lowest BCUT2D eigenvalue weighted by atomic mass is 9.46. The van der Waals surface area contributed by atoms with E-state index in [9.17, 15) is 0 Å². The van der Waals surface area contributed by atoms with Crippen LogP contribution in [-0.2, 0) is 4.74 Å². The van der Waals surface area contributed by atoms with Crippen molar-refractivity contribution in [2.24, 2.45) is 16.3 Å². The third-order valence-corrected chi connectivity index (χ3v) is 7.19. The zero-order chi connectivity index (χ0) is 17.1. The van der Waals surface area contributed by atoms with E-state index in [2.05, 4.69) is 20.5 Å². The Balaban J connectivity index is 1.20. The zero-order valence-corrected chi connectivity index (χ0v) is 15.9. The molecule has 0 bridgehead atoms. The monoisotopic (exact) mass is 348 g/mol. The number of fused-ring (bicyclic) bond motifs is 2. The Hall–Kier alpha value is -0.810. The lowest BCUT2D eigenvalue weighted by molar-refractivity contribution is -0.171. The van der Waals surface area contributed by atoms with Gasteiger partial charge in [0.1, 0.15) is 0 Å². The van der Waals surface area contributed by atoms with Gasteiger partial charge in [0.25, 0.3) is 0 Å². The molecule has 2 saturated carbocycles. The molecule has 4 fully saturated rings. The zero-order valence-electron chi connectivity index (χ0n) is 15.9. The number of hydrogen-bond donors (Lipinski definition) is 2. The maximum absolute atomic E-state index is 6.03. The van der Waals surface area contributed by atoms with Gasteiger partial charge in [-0.05, 0) is 58.2 Å². The molecular weight excluding hydrogens is 312 g/mol. The molecule has 5 nitrogen and oxygen atoms in total. The Labute approximate surface area is 153 Å². The van der Waals surface area contributed by atoms with Gasteiger partial charge >= 0.3 is 0 Å². The quantitative estimate of drug-likeness (QED) is 0.455. The highest BCUT2D eigenvalue weighted by molar-refractivity contribution is 5.80. The smallest absolute Gasteiger partial charge is 0.191 e. The van der Waals surface area contributed by atoms with Crippen molar-refractivity contribution in [3.05, 3.63) is 0 Å². The Morgan fingerprint density at radius 2 is 1.96 bits per heavy atom. The minimum absolute atomic E-state index is 0.421. The molecule has 2 heterocycles. The van der Waals surface area contributed by atoms with Gasteiger partial charge in [0.2, 0.25) is 0 Å². The van der Waals surface area contributed by atoms with E-state index in [0.717, 1.165) is 19.1 Å². The number of nitrogens with one attached hydrogen (secondary N) is 2. The summed E-state index contributed by atoms with van der Waals surface area (Å²) in [6, 6.07) is 0.575. The van der Waals surface area contributed by atoms with Gasteiger partial charge in [-0.3, -0.25) is 4.99 Å². The van der Waals surface area contributed by atoms with Gasteiger partial charge in [-0.1, -0.05) is 19.3 Å². The van der Waals surface area contributed by atoms with E-state index in [4.69, 9.17) is 4.74 Å². The second kappa shape index (κ2) is 7.83. The minimum atomic E-state index is 0.421. The fraction of sp³-hybridized carbons (Fsp3) is 0.950. The maximum atomic E-state index is 6.03. The van der Waals surface area contributed by atoms with Crippen LogP contribution < -0.4 is 10.6 Å². The summed E-state index contributed by atoms with van der Waals surface area (Å²) in [7, 11) is 1.90. The first-order chi connectivity index (χ1) is 12.3. The van der Waals surface area contributed by atoms with Crippen LogP contribution in [0.5, 0.6) is 0 Å². The van der Waals surface area contributed by atoms with Crippen LogP contribution in [0.2, 0.25) is 0 Å². The first-order valence-corrected chi connectivity index (χ1v) is 10.6. The minimum Gasteiger partial charge on any atom is -0.377 e. The summed E-state index contributed by atoms with van der Waals surface area (Å²) in [5.41, 5.74) is 0.421. The van der Waals surface area contributed by atoms with E-state index >= 15 is 0 Å². The first kappa shape index (κ1) is 17.6. The highest BCUT2D eigenvalue weighted by atomic mass is 16.5. The maximum Gasteiger partial charge on any atom is 0.191 e. The van der Waals surface area contributed by atoms with Crippen LogP contribution in [0.3, 0.4) is 0 Å². The summed E-state index contributed by atoms with van der Waals surface area (Å²) in [6.45, 7) is 5.77. The number of hydrogen-bond acceptors (Lipinski definition) is 3. The van der Waals surface area contributed by atoms with Gasteiger partial charge < -0.3 is 20.3 Å². The standard InChI is InChI=1S/C20H36N4O/c1-21-19(22-11-7-14-24-12-4-2-3-5-13-24)23-17-16-8-15-25-18(16)20(17)9-6-10-20/h16-18H,2-15H2,1H3,(H2,21,22,23). The molecule has 0 aromatic carbocycles. The average molecular weight is 349 g/mol. The average Bonchev–Trinajstić information content (AvgIpc) is 2.83. The molecule has 3 unspecified atom stereocenters. The van der Waals surface area contributed by atoms with Crippen LogP contribution in [0.4, 0.5) is 0 Å². The molecule has 2 N–H and O–H groups in total. The molecule has 0 aromatic rings. The summed E-state index contributed by atoms with van der Waals surface area (Å²) < 4.78 is 6.03. The van der Waals surface area contributed by atoms with Crippen molar-refractivity contribution < 1.29 is 4.74 Å². The largest absolute Gasteiger partial charge is 0.377 e. The van der Waals surface area contributed by atoms with Gasteiger partial charge in [0, 0.05) is 37.6 Å². The predicted molar refractivity (Wildman–Crippen MR) is 102 cm³/mol. The van der Waals surface area contributed by atoms with Crippen molar-refractivity contribution in [1.29, 1.82) is 0 Å². The van der Waals surface area contributed by atoms with Crippen LogP contribution >= 0.6 is 0 Å². The number of aliphatic imine (C=N–C) groups is 1. The molecular formula is C20H36N4O. The Morgan fingerprint density at radius 1 is 1.16 bits per heavy atom. The van der Waals surface area contributed by atoms with Gasteiger partial charge in [0.15, 0.2) is 5.96 Å². The molecule has 25 heavy (non-hydrogen) atoms. The SMILES string of the molecule is CN=C(NCCCN1CCCCCC1)NC1C2CCOC2C12CCC2. The molecule has 2 aliphatic heterocycles. The Kier molecular flexibility index (Phi) is 5.51. The van der Waals surface area contributed by atoms with Crippen LogP contribution in [0.1, 0.15) is 57.8 Å². The lowest BCUT2D eigenvalue weighted by Gasteiger charge is -2.63. The third-order valence-electron chi connectivity index (χ3n) is 7.19. The second-order valence-electron chi connectivity index (χ2n) is 8.56. The van der Waals surface area contributed by atoms with E-state index in [0.29, 0.717) is 23.5 Å². The van der Waals surface area contributed by atoms with E-state index in [1.807, 2.05) is 7.05 Å². The van der Waals surface area contributed by atoms with Gasteiger partial charge in [0.05, 0.1) is 6.10 Å². The fourth-order valence-electron chi connectivity index (χ4n) is 5.67. The number of guanidine groups is 1. The molecule has 0 amide bonds. The topological polar surface area (TPSA) is 48.9 Å². The van der Waals surface area contributed by atoms with Crippen LogP contribution in [0, 0.1) is 11.3 Å². The van der Waals surface area contributed by atoms with Crippen LogP contribution in [0.25, 0.3) is 0 Å². The summed E-state index contributed by atoms with van der Waals surface area (Å²) in [5.74, 6) is 1.70. The normalized spacial score (nSPS) is 34.8. The summed E-state index contributed by atoms with van der Waals surface area (Å²) in [6.07, 6.45) is 12.6. The summed E-state index contributed by atoms with van der Waals surface area (Å²) in [4.78, 5) is 7.13. The van der Waals surface area contributed by atoms with Gasteiger partial charge in [-0.15, -0.1) is 0 Å². The fourth-order valence-corrected chi connectivity index (χ4v) is 5.67. The van der Waals surface area contributed by atoms with Crippen LogP contribution in [-0.4, -0.2) is 62.8 Å². The number of rotatable bonds is 5. The second-order valence-corrected chi connectivity index (χ2v) is 8.56. The molecule has 2 aliphatic carbocycles. The van der Waals surface area contributed by atoms with E-state index in [1.165, 1.54) is 77.4 Å². The number of nitrogens with zero attached hydrogens (tertiary/aromatic N) is 2. The summed E-state index contributed by atoms with van der Waals surface area (Å²) >= 11 is 0. The number of ether oxygens (including phenoxy) is 1. The van der Waals surface area contributed by atoms with Crippen molar-refractivity contribution in [2.75, 3.05) is 39.8 Å². The first-order valence-electron chi connectivity index (χ1n) is 10.6. The van der Waals surface area contributed by atoms with Crippen molar-refractivity contribution in [1.82, 2.24) is 15.5 Å². The highest BCUT2D eigenvalue weighted by Crippen LogP contribution is 2.62. The highest BCUT2D eigenvalue weighted by Gasteiger charge is 2.66. The molecule has 1 spiro atoms.